The highest BCUT2D eigenvalue weighted by molar-refractivity contribution is 5.89. The lowest BCUT2D eigenvalue weighted by Crippen LogP contribution is -2.62. The van der Waals surface area contributed by atoms with Crippen LogP contribution in [0.2, 0.25) is 0 Å². The molecule has 33 heavy (non-hydrogen) atoms. The van der Waals surface area contributed by atoms with Crippen molar-refractivity contribution in [3.05, 3.63) is 53.6 Å². The highest BCUT2D eigenvalue weighted by atomic mass is 19.4. The maximum Gasteiger partial charge on any atom is 0.427 e. The molecule has 0 aliphatic rings. The number of halogens is 3. The largest absolute Gasteiger partial charge is 0.496 e. The first-order chi connectivity index (χ1) is 15.6. The number of carbonyl (C=O) groups is 2. The van der Waals surface area contributed by atoms with Crippen molar-refractivity contribution < 1.29 is 46.4 Å². The summed E-state index contributed by atoms with van der Waals surface area (Å²) in [6, 6.07) is 10.3. The number of benzene rings is 2. The first kappa shape index (κ1) is 25.6. The van der Waals surface area contributed by atoms with E-state index in [2.05, 4.69) is 0 Å². The first-order valence-electron chi connectivity index (χ1n) is 9.67. The lowest BCUT2D eigenvalue weighted by atomic mass is 9.87. The fraction of sp³-hybridized carbons (Fsp3) is 0.364. The van der Waals surface area contributed by atoms with E-state index in [1.807, 2.05) is 0 Å². The number of amides is 1. The second-order valence-electron chi connectivity index (χ2n) is 6.56. The molecule has 0 aliphatic heterocycles. The summed E-state index contributed by atoms with van der Waals surface area (Å²) in [5.74, 6) is -2.27. The number of alkyl carbamates (subject to hydrolysis) is 1. The predicted molar refractivity (Wildman–Crippen MR) is 110 cm³/mol. The summed E-state index contributed by atoms with van der Waals surface area (Å²) < 4.78 is 68.7. The van der Waals surface area contributed by atoms with Crippen molar-refractivity contribution in [1.82, 2.24) is 5.32 Å². The highest BCUT2D eigenvalue weighted by Gasteiger charge is 2.66. The minimum absolute atomic E-state index is 0.0460. The van der Waals surface area contributed by atoms with Crippen molar-refractivity contribution in [2.45, 2.75) is 25.2 Å². The average molecular weight is 471 g/mol. The number of esters is 1. The van der Waals surface area contributed by atoms with Crippen LogP contribution in [0.5, 0.6) is 17.2 Å². The van der Waals surface area contributed by atoms with Crippen LogP contribution in [0.3, 0.4) is 0 Å². The molecule has 1 atom stereocenters. The van der Waals surface area contributed by atoms with E-state index in [9.17, 15) is 22.8 Å². The van der Waals surface area contributed by atoms with E-state index < -0.39 is 35.1 Å². The summed E-state index contributed by atoms with van der Waals surface area (Å²) in [7, 11) is 3.58. The van der Waals surface area contributed by atoms with E-state index in [1.165, 1.54) is 21.1 Å². The van der Waals surface area contributed by atoms with Crippen LogP contribution in [0, 0.1) is 0 Å². The molecule has 2 rings (SSSR count). The number of methoxy groups -OCH3 is 3. The third kappa shape index (κ3) is 5.41. The third-order valence-electron chi connectivity index (χ3n) is 4.62. The van der Waals surface area contributed by atoms with Gasteiger partial charge in [-0.1, -0.05) is 30.3 Å². The minimum atomic E-state index is -5.36. The molecule has 0 unspecified atom stereocenters. The summed E-state index contributed by atoms with van der Waals surface area (Å²) in [6.07, 6.45) is -6.86. The Kier molecular flexibility index (Phi) is 8.38. The van der Waals surface area contributed by atoms with Crippen LogP contribution in [0.4, 0.5) is 18.0 Å². The van der Waals surface area contributed by atoms with E-state index in [-0.39, 0.29) is 24.7 Å². The molecule has 0 aliphatic carbocycles. The van der Waals surface area contributed by atoms with Gasteiger partial charge in [0.2, 0.25) is 0 Å². The van der Waals surface area contributed by atoms with E-state index in [4.69, 9.17) is 23.7 Å². The Morgan fingerprint density at radius 3 is 1.97 bits per heavy atom. The second-order valence-corrected chi connectivity index (χ2v) is 6.56. The van der Waals surface area contributed by atoms with Gasteiger partial charge < -0.3 is 23.7 Å². The van der Waals surface area contributed by atoms with Crippen molar-refractivity contribution >= 4 is 12.1 Å². The summed E-state index contributed by atoms with van der Waals surface area (Å²) in [5.41, 5.74) is -3.91. The van der Waals surface area contributed by atoms with E-state index in [0.29, 0.717) is 5.56 Å². The standard InChI is InChI=1S/C22H24F3NO7/c1-5-32-19(27)21(22(23,24)25,26-20(28)33-13-14-9-7-6-8-10-14)15-11-17(30-3)18(31-4)12-16(15)29-2/h6-12H,5,13H2,1-4H3,(H,26,28)/t21-/m0/s1. The number of rotatable bonds is 9. The monoisotopic (exact) mass is 471 g/mol. The smallest absolute Gasteiger partial charge is 0.427 e. The van der Waals surface area contributed by atoms with E-state index >= 15 is 0 Å². The molecule has 0 heterocycles. The van der Waals surface area contributed by atoms with Gasteiger partial charge in [0.25, 0.3) is 5.54 Å². The van der Waals surface area contributed by atoms with Crippen molar-refractivity contribution in [3.63, 3.8) is 0 Å². The lowest BCUT2D eigenvalue weighted by Gasteiger charge is -2.35. The van der Waals surface area contributed by atoms with Gasteiger partial charge in [0.15, 0.2) is 11.5 Å². The molecule has 8 nitrogen and oxygen atoms in total. The SMILES string of the molecule is CCOC(=O)[C@@](NC(=O)OCc1ccccc1)(c1cc(OC)c(OC)cc1OC)C(F)(F)F. The average Bonchev–Trinajstić information content (AvgIpc) is 2.80. The van der Waals surface area contributed by atoms with Gasteiger partial charge in [-0.2, -0.15) is 13.2 Å². The van der Waals surface area contributed by atoms with Crippen LogP contribution in [0.1, 0.15) is 18.1 Å². The van der Waals surface area contributed by atoms with E-state index in [0.717, 1.165) is 19.2 Å². The van der Waals surface area contributed by atoms with Crippen LogP contribution >= 0.6 is 0 Å². The molecule has 0 fully saturated rings. The number of ether oxygens (including phenoxy) is 5. The van der Waals surface area contributed by atoms with Gasteiger partial charge >= 0.3 is 18.2 Å². The van der Waals surface area contributed by atoms with Gasteiger partial charge in [0, 0.05) is 11.6 Å². The molecule has 0 bridgehead atoms. The Morgan fingerprint density at radius 1 is 0.879 bits per heavy atom. The van der Waals surface area contributed by atoms with E-state index in [1.54, 1.807) is 35.6 Å². The molecular weight excluding hydrogens is 447 g/mol. The Hall–Kier alpha value is -3.63. The number of hydrogen-bond donors (Lipinski definition) is 1. The van der Waals surface area contributed by atoms with Gasteiger partial charge in [-0.05, 0) is 18.6 Å². The number of hydrogen-bond acceptors (Lipinski definition) is 7. The third-order valence-corrected chi connectivity index (χ3v) is 4.62. The van der Waals surface area contributed by atoms with Crippen LogP contribution in [0.25, 0.3) is 0 Å². The lowest BCUT2D eigenvalue weighted by molar-refractivity contribution is -0.215. The van der Waals surface area contributed by atoms with Crippen molar-refractivity contribution in [3.8, 4) is 17.2 Å². The molecule has 0 spiro atoms. The first-order valence-corrected chi connectivity index (χ1v) is 9.67. The topological polar surface area (TPSA) is 92.3 Å². The molecule has 180 valence electrons. The van der Waals surface area contributed by atoms with Gasteiger partial charge in [0.05, 0.1) is 27.9 Å². The summed E-state index contributed by atoms with van der Waals surface area (Å²) >= 11 is 0. The molecule has 1 N–H and O–H groups in total. The summed E-state index contributed by atoms with van der Waals surface area (Å²) in [4.78, 5) is 25.3. The van der Waals surface area contributed by atoms with Crippen LogP contribution in [-0.2, 0) is 26.4 Å². The number of nitrogens with one attached hydrogen (secondary N) is 1. The minimum Gasteiger partial charge on any atom is -0.496 e. The van der Waals surface area contributed by atoms with Crippen LogP contribution < -0.4 is 19.5 Å². The second kappa shape index (κ2) is 10.8. The fourth-order valence-electron chi connectivity index (χ4n) is 3.04. The fourth-order valence-corrected chi connectivity index (χ4v) is 3.04. The van der Waals surface area contributed by atoms with Gasteiger partial charge in [0.1, 0.15) is 12.4 Å². The predicted octanol–water partition coefficient (Wildman–Crippen LogP) is 3.96. The molecular formula is C22H24F3NO7. The zero-order chi connectivity index (χ0) is 24.6. The summed E-state index contributed by atoms with van der Waals surface area (Å²) in [6.45, 7) is 0.623. The molecule has 11 heteroatoms. The number of carbonyl (C=O) groups excluding carboxylic acids is 2. The number of alkyl halides is 3. The maximum absolute atomic E-state index is 14.6. The van der Waals surface area contributed by atoms with Crippen molar-refractivity contribution in [1.29, 1.82) is 0 Å². The van der Waals surface area contributed by atoms with Gasteiger partial charge in [-0.15, -0.1) is 0 Å². The molecule has 2 aromatic carbocycles. The maximum atomic E-state index is 14.6. The molecule has 0 aromatic heterocycles. The Labute approximate surface area is 188 Å². The Morgan fingerprint density at radius 2 is 1.45 bits per heavy atom. The Bertz CT molecular complexity index is 966. The molecule has 0 radical (unpaired) electrons. The quantitative estimate of drug-likeness (QED) is 0.554. The van der Waals surface area contributed by atoms with Gasteiger partial charge in [-0.3, -0.25) is 5.32 Å². The van der Waals surface area contributed by atoms with Crippen molar-refractivity contribution in [2.75, 3.05) is 27.9 Å². The highest BCUT2D eigenvalue weighted by Crippen LogP contribution is 2.47. The van der Waals surface area contributed by atoms with Gasteiger partial charge in [-0.25, -0.2) is 9.59 Å². The zero-order valence-electron chi connectivity index (χ0n) is 18.4. The van der Waals surface area contributed by atoms with Crippen LogP contribution in [-0.4, -0.2) is 46.2 Å². The molecule has 1 amide bonds. The normalized spacial score (nSPS) is 12.8. The molecule has 0 saturated heterocycles. The van der Waals surface area contributed by atoms with Crippen molar-refractivity contribution in [2.24, 2.45) is 0 Å². The summed E-state index contributed by atoms with van der Waals surface area (Å²) in [5, 5.41) is 1.67. The Balaban J connectivity index is 2.62. The van der Waals surface area contributed by atoms with Crippen LogP contribution in [0.15, 0.2) is 42.5 Å². The zero-order valence-corrected chi connectivity index (χ0v) is 18.4. The molecule has 2 aromatic rings. The molecule has 0 saturated carbocycles.